The molecule has 0 spiro atoms. The molecule has 0 saturated heterocycles. The Balaban J connectivity index is 6.97. The number of carboxylic acid groups (broad SMARTS) is 2. The van der Waals surface area contributed by atoms with Gasteiger partial charge in [-0.05, 0) is 71.4 Å². The summed E-state index contributed by atoms with van der Waals surface area (Å²) in [5, 5.41) is 51.5. The van der Waals surface area contributed by atoms with Gasteiger partial charge in [0.05, 0.1) is 43.8 Å². The molecule has 0 aliphatic heterocycles. The number of Topliss-reactive ketones (excluding diaryl/α,β-unsaturated/α-hetero) is 5. The van der Waals surface area contributed by atoms with Crippen LogP contribution in [0.2, 0.25) is 0 Å². The number of amides is 4. The average molecular weight is 1130 g/mol. The van der Waals surface area contributed by atoms with E-state index in [9.17, 15) is 73.2 Å². The Labute approximate surface area is 459 Å². The van der Waals surface area contributed by atoms with Gasteiger partial charge >= 0.3 is 11.9 Å². The van der Waals surface area contributed by atoms with Gasteiger partial charge in [-0.25, -0.2) is 0 Å². The molecule has 0 aromatic rings. The Morgan fingerprint density at radius 2 is 0.823 bits per heavy atom. The van der Waals surface area contributed by atoms with Crippen LogP contribution in [0.15, 0.2) is 15.0 Å². The number of carbonyl (C=O) groups is 11. The molecule has 0 fully saturated rings. The van der Waals surface area contributed by atoms with E-state index >= 15 is 0 Å². The van der Waals surface area contributed by atoms with Crippen molar-refractivity contribution >= 4 is 82.4 Å². The number of aliphatic hydroxyl groups excluding tert-OH is 2. The first-order valence-electron chi connectivity index (χ1n) is 26.3. The van der Waals surface area contributed by atoms with Crippen LogP contribution in [-0.4, -0.2) is 179 Å². The van der Waals surface area contributed by atoms with Crippen LogP contribution in [0.3, 0.4) is 0 Å². The third kappa shape index (κ3) is 31.1. The zero-order valence-corrected chi connectivity index (χ0v) is 45.6. The van der Waals surface area contributed by atoms with E-state index in [2.05, 4.69) is 41.6 Å². The molecule has 30 heteroatoms. The molecule has 0 heterocycles. The fraction of sp³-hybridized carbons (Fsp3) is 0.714. The summed E-state index contributed by atoms with van der Waals surface area (Å²) in [5.74, 6) is -14.7. The number of carboxylic acids is 2. The van der Waals surface area contributed by atoms with Crippen LogP contribution >= 0.6 is 0 Å². The van der Waals surface area contributed by atoms with Crippen LogP contribution in [0.1, 0.15) is 123 Å². The van der Waals surface area contributed by atoms with Crippen LogP contribution < -0.4 is 66.7 Å². The number of nitrogens with two attached hydrogens (primary N) is 7. The highest BCUT2D eigenvalue weighted by atomic mass is 16.4. The predicted molar refractivity (Wildman–Crippen MR) is 290 cm³/mol. The van der Waals surface area contributed by atoms with Crippen molar-refractivity contribution in [1.29, 1.82) is 0 Å². The van der Waals surface area contributed by atoms with E-state index in [-0.39, 0.29) is 102 Å². The minimum Gasteiger partial charge on any atom is -0.481 e. The van der Waals surface area contributed by atoms with Gasteiger partial charge in [0.15, 0.2) is 46.8 Å². The van der Waals surface area contributed by atoms with E-state index in [4.69, 9.17) is 40.1 Å². The summed E-state index contributed by atoms with van der Waals surface area (Å²) in [5.41, 5.74) is 38.6. The molecule has 79 heavy (non-hydrogen) atoms. The van der Waals surface area contributed by atoms with Gasteiger partial charge in [0.2, 0.25) is 23.6 Å². The average Bonchev–Trinajstić information content (AvgIpc) is 3.38. The molecule has 0 aromatic heterocycles. The Morgan fingerprint density at radius 3 is 1.20 bits per heavy atom. The number of nitrogens with zero attached hydrogens (tertiary/aromatic N) is 3. The lowest BCUT2D eigenvalue weighted by molar-refractivity contribution is -0.141. The molecule has 30 nitrogen and oxygen atoms in total. The number of hydrogen-bond acceptors (Lipinski definition) is 18. The highest BCUT2D eigenvalue weighted by Gasteiger charge is 2.35. The number of nitrogens with one attached hydrogen (secondary N) is 5. The SMILES string of the molecule is CCC(=O)[C@@H](CC(=O)O)NC(=O)[C@H](C)CC(=O)[C@H](CO)NC(=O)[C@H](CCCN=C(N)N)CC(=O)[C@H](CCCN=C(N)N)NC(=O)[C@H](CCCCN)CC(=O)[C@H](CCC(=O)O)NC(=O)[C@H](CCCN=C(N)N)CC(=O)[C@H](CO)NC. The van der Waals surface area contributed by atoms with Crippen molar-refractivity contribution in [3.8, 4) is 0 Å². The van der Waals surface area contributed by atoms with Crippen LogP contribution in [-0.2, 0) is 52.7 Å². The van der Waals surface area contributed by atoms with Gasteiger partial charge in [-0.3, -0.25) is 67.7 Å². The number of aliphatic carboxylic acids is 2. The molecular weight excluding hydrogens is 1040 g/mol. The van der Waals surface area contributed by atoms with Crippen molar-refractivity contribution in [2.24, 2.45) is 78.8 Å². The van der Waals surface area contributed by atoms with Crippen LogP contribution in [0.4, 0.5) is 0 Å². The summed E-state index contributed by atoms with van der Waals surface area (Å²) in [6, 6.07) is -6.81. The lowest BCUT2D eigenvalue weighted by atomic mass is 9.88. The molecule has 448 valence electrons. The number of guanidine groups is 3. The van der Waals surface area contributed by atoms with Crippen molar-refractivity contribution in [2.75, 3.05) is 46.4 Å². The van der Waals surface area contributed by atoms with Crippen molar-refractivity contribution in [1.82, 2.24) is 26.6 Å². The normalized spacial score (nSPS) is 14.4. The summed E-state index contributed by atoms with van der Waals surface area (Å²) in [7, 11) is 1.44. The van der Waals surface area contributed by atoms with E-state index in [1.54, 1.807) is 0 Å². The first-order chi connectivity index (χ1) is 37.2. The highest BCUT2D eigenvalue weighted by molar-refractivity contribution is 5.98. The minimum absolute atomic E-state index is 0.00250. The van der Waals surface area contributed by atoms with Crippen molar-refractivity contribution < 1.29 is 73.2 Å². The number of rotatable bonds is 46. The van der Waals surface area contributed by atoms with Gasteiger partial charge in [-0.2, -0.15) is 0 Å². The lowest BCUT2D eigenvalue weighted by Crippen LogP contribution is -2.49. The zero-order chi connectivity index (χ0) is 60.2. The van der Waals surface area contributed by atoms with Gasteiger partial charge in [-0.1, -0.05) is 20.3 Å². The monoisotopic (exact) mass is 1130 g/mol. The van der Waals surface area contributed by atoms with E-state index in [1.807, 2.05) is 0 Å². The Morgan fingerprint density at radius 1 is 0.443 bits per heavy atom. The fourth-order valence-electron chi connectivity index (χ4n) is 8.13. The largest absolute Gasteiger partial charge is 0.481 e. The number of aliphatic imine (C=N–C) groups is 3. The molecular formula is C49H87N15O15. The van der Waals surface area contributed by atoms with E-state index < -0.39 is 170 Å². The second-order valence-corrected chi connectivity index (χ2v) is 19.1. The molecule has 0 aliphatic rings. The third-order valence-electron chi connectivity index (χ3n) is 12.7. The predicted octanol–water partition coefficient (Wildman–Crippen LogP) is -4.57. The zero-order valence-electron chi connectivity index (χ0n) is 45.6. The molecule has 0 radical (unpaired) electrons. The van der Waals surface area contributed by atoms with E-state index in [0.717, 1.165) is 0 Å². The molecule has 4 amide bonds. The fourth-order valence-corrected chi connectivity index (χ4v) is 8.13. The second-order valence-electron chi connectivity index (χ2n) is 19.1. The smallest absolute Gasteiger partial charge is 0.305 e. The van der Waals surface area contributed by atoms with E-state index in [1.165, 1.54) is 20.9 Å². The summed E-state index contributed by atoms with van der Waals surface area (Å²) < 4.78 is 0. The molecule has 0 aromatic carbocycles. The first kappa shape index (κ1) is 71.8. The number of hydrogen-bond donors (Lipinski definition) is 16. The topological polar surface area (TPSA) is 548 Å². The van der Waals surface area contributed by atoms with Gasteiger partial charge in [0.25, 0.3) is 0 Å². The molecule has 23 N–H and O–H groups in total. The number of ketones is 5. The third-order valence-corrected chi connectivity index (χ3v) is 12.7. The standard InChI is InChI=1S/C49H87N15O15/c1-4-36(67)33(24-42(74)75)63-43(76)27(2)20-37(68)35(26-66)64-46(79)29(11-7-17-58-47(51)52)22-38(69)31(13-9-19-60-49(55)56)61-44(77)28(10-5-6-16-50)21-39(70)32(14-15-41(72)73)62-45(78)30(12-8-18-59-48(53)54)23-40(71)34(25-65)57-3/h27-35,57,65-66H,4-26,50H2,1-3H3,(H,61,77)(H,62,78)(H,63,76)(H,64,79)(H,72,73)(H,74,75)(H4,51,52,58)(H4,53,54,59)(H4,55,56,60)/t27-,28-,29-,30-,31+,32+,33-,34+,35+/m1/s1. The second kappa shape index (κ2) is 40.1. The van der Waals surface area contributed by atoms with Crippen LogP contribution in [0.25, 0.3) is 0 Å². The maximum Gasteiger partial charge on any atom is 0.305 e. The summed E-state index contributed by atoms with van der Waals surface area (Å²) in [6.07, 6.45) is -2.82. The van der Waals surface area contributed by atoms with Crippen LogP contribution in [0.5, 0.6) is 0 Å². The number of unbranched alkanes of at least 4 members (excludes halogenated alkanes) is 1. The van der Waals surface area contributed by atoms with Gasteiger partial charge < -0.3 is 87.1 Å². The summed E-state index contributed by atoms with van der Waals surface area (Å²) in [4.78, 5) is 158. The number of carbonyl (C=O) groups excluding carboxylic acids is 9. The Bertz CT molecular complexity index is 2110. The van der Waals surface area contributed by atoms with E-state index in [0.29, 0.717) is 12.8 Å². The van der Waals surface area contributed by atoms with Gasteiger partial charge in [0.1, 0.15) is 6.04 Å². The lowest BCUT2D eigenvalue weighted by Gasteiger charge is -2.26. The molecule has 9 atom stereocenters. The first-order valence-corrected chi connectivity index (χ1v) is 26.3. The van der Waals surface area contributed by atoms with Crippen LogP contribution in [0, 0.1) is 23.7 Å². The van der Waals surface area contributed by atoms with Gasteiger partial charge in [-0.15, -0.1) is 0 Å². The summed E-state index contributed by atoms with van der Waals surface area (Å²) >= 11 is 0. The molecule has 0 aliphatic carbocycles. The quantitative estimate of drug-likeness (QED) is 0.0155. The molecule has 0 bridgehead atoms. The Kier molecular flexibility index (Phi) is 36.4. The molecule has 0 saturated carbocycles. The highest BCUT2D eigenvalue weighted by Crippen LogP contribution is 2.22. The number of likely N-dealkylation sites (N-methyl/N-ethyl adjacent to an activating group) is 1. The summed E-state index contributed by atoms with van der Waals surface area (Å²) in [6.45, 7) is 1.58. The van der Waals surface area contributed by atoms with Crippen molar-refractivity contribution in [3.05, 3.63) is 0 Å². The Hall–Kier alpha value is -7.18. The van der Waals surface area contributed by atoms with Crippen molar-refractivity contribution in [2.45, 2.75) is 153 Å². The maximum absolute atomic E-state index is 14.4. The molecule has 0 unspecified atom stereocenters. The maximum atomic E-state index is 14.4. The molecule has 0 rings (SSSR count). The van der Waals surface area contributed by atoms with Gasteiger partial charge in [0, 0.05) is 81.8 Å². The minimum atomic E-state index is -1.60. The van der Waals surface area contributed by atoms with Crippen molar-refractivity contribution in [3.63, 3.8) is 0 Å². The number of aliphatic hydroxyl groups is 2.